The summed E-state index contributed by atoms with van der Waals surface area (Å²) in [5, 5.41) is 8.66. The fourth-order valence-corrected chi connectivity index (χ4v) is 1.77. The Morgan fingerprint density at radius 1 is 1.29 bits per heavy atom. The minimum Gasteiger partial charge on any atom is -0.481 e. The Labute approximate surface area is 102 Å². The maximum absolute atomic E-state index is 10.5. The number of rotatable bonds is 6. The molecule has 0 amide bonds. The highest BCUT2D eigenvalue weighted by atomic mass is 16.4. The van der Waals surface area contributed by atoms with E-state index in [1.807, 2.05) is 24.3 Å². The van der Waals surface area contributed by atoms with Crippen molar-refractivity contribution in [3.05, 3.63) is 35.4 Å². The number of benzene rings is 1. The third-order valence-corrected chi connectivity index (χ3v) is 2.77. The summed E-state index contributed by atoms with van der Waals surface area (Å²) >= 11 is 0. The lowest BCUT2D eigenvalue weighted by atomic mass is 9.97. The van der Waals surface area contributed by atoms with Crippen LogP contribution in [0.1, 0.15) is 36.9 Å². The molecule has 0 saturated carbocycles. The van der Waals surface area contributed by atoms with Gasteiger partial charge in [-0.1, -0.05) is 37.6 Å². The van der Waals surface area contributed by atoms with Crippen LogP contribution in [-0.4, -0.2) is 17.1 Å². The Morgan fingerprint density at radius 2 is 1.88 bits per heavy atom. The predicted octanol–water partition coefficient (Wildman–Crippen LogP) is 1.44. The van der Waals surface area contributed by atoms with Crippen molar-refractivity contribution in [2.24, 2.45) is 11.5 Å². The summed E-state index contributed by atoms with van der Waals surface area (Å²) in [4.78, 5) is 10.5. The van der Waals surface area contributed by atoms with Gasteiger partial charge in [0.2, 0.25) is 0 Å². The zero-order chi connectivity index (χ0) is 12.8. The van der Waals surface area contributed by atoms with Crippen LogP contribution >= 0.6 is 0 Å². The molecule has 1 aromatic rings. The summed E-state index contributed by atoms with van der Waals surface area (Å²) in [6.07, 6.45) is 2.03. The van der Waals surface area contributed by atoms with Crippen LogP contribution < -0.4 is 11.5 Å². The third-order valence-electron chi connectivity index (χ3n) is 2.77. The van der Waals surface area contributed by atoms with E-state index in [1.54, 1.807) is 0 Å². The van der Waals surface area contributed by atoms with E-state index in [0.29, 0.717) is 0 Å². The number of nitrogens with two attached hydrogens (primary N) is 2. The summed E-state index contributed by atoms with van der Waals surface area (Å²) in [6.45, 7) is 2.13. The maximum Gasteiger partial charge on any atom is 0.304 e. The van der Waals surface area contributed by atoms with Gasteiger partial charge in [0.15, 0.2) is 0 Å². The van der Waals surface area contributed by atoms with Crippen LogP contribution in [0.15, 0.2) is 24.3 Å². The van der Waals surface area contributed by atoms with Crippen LogP contribution in [0, 0.1) is 0 Å². The van der Waals surface area contributed by atoms with Crippen molar-refractivity contribution >= 4 is 5.97 Å². The molecule has 94 valence electrons. The molecule has 0 heterocycles. The molecule has 1 aromatic carbocycles. The van der Waals surface area contributed by atoms with Crippen LogP contribution in [0.2, 0.25) is 0 Å². The molecule has 2 unspecified atom stereocenters. The summed E-state index contributed by atoms with van der Waals surface area (Å²) in [7, 11) is 0. The van der Waals surface area contributed by atoms with Gasteiger partial charge in [0.05, 0.1) is 6.42 Å². The smallest absolute Gasteiger partial charge is 0.304 e. The first-order valence-electron chi connectivity index (χ1n) is 5.86. The first-order chi connectivity index (χ1) is 8.04. The Kier molecular flexibility index (Phi) is 5.12. The van der Waals surface area contributed by atoms with Crippen LogP contribution in [0.4, 0.5) is 0 Å². The molecule has 17 heavy (non-hydrogen) atoms. The van der Waals surface area contributed by atoms with Gasteiger partial charge in [0.25, 0.3) is 0 Å². The molecule has 0 aliphatic heterocycles. The molecule has 4 heteroatoms. The number of carboxylic acids is 1. The first-order valence-corrected chi connectivity index (χ1v) is 5.86. The van der Waals surface area contributed by atoms with Crippen molar-refractivity contribution in [3.63, 3.8) is 0 Å². The average molecular weight is 236 g/mol. The van der Waals surface area contributed by atoms with Crippen molar-refractivity contribution in [1.82, 2.24) is 0 Å². The molecule has 0 spiro atoms. The van der Waals surface area contributed by atoms with Gasteiger partial charge in [-0.2, -0.15) is 0 Å². The minimum absolute atomic E-state index is 0.113. The van der Waals surface area contributed by atoms with Crippen LogP contribution in [0.3, 0.4) is 0 Å². The number of hydrogen-bond acceptors (Lipinski definition) is 3. The van der Waals surface area contributed by atoms with E-state index in [1.165, 1.54) is 5.56 Å². The van der Waals surface area contributed by atoms with Crippen molar-refractivity contribution in [2.45, 2.75) is 38.3 Å². The average Bonchev–Trinajstić information content (AvgIpc) is 2.28. The second-order valence-corrected chi connectivity index (χ2v) is 4.28. The lowest BCUT2D eigenvalue weighted by molar-refractivity contribution is -0.137. The van der Waals surface area contributed by atoms with Crippen LogP contribution in [0.5, 0.6) is 0 Å². The van der Waals surface area contributed by atoms with Gasteiger partial charge in [0.1, 0.15) is 0 Å². The zero-order valence-corrected chi connectivity index (χ0v) is 10.1. The van der Waals surface area contributed by atoms with E-state index in [2.05, 4.69) is 6.92 Å². The number of carbonyl (C=O) groups is 1. The lowest BCUT2D eigenvalue weighted by Gasteiger charge is -2.18. The number of hydrogen-bond donors (Lipinski definition) is 3. The quantitative estimate of drug-likeness (QED) is 0.697. The van der Waals surface area contributed by atoms with Gasteiger partial charge in [0, 0.05) is 12.1 Å². The molecule has 2 atom stereocenters. The summed E-state index contributed by atoms with van der Waals surface area (Å²) in [5.41, 5.74) is 13.8. The topological polar surface area (TPSA) is 89.3 Å². The van der Waals surface area contributed by atoms with Crippen LogP contribution in [0.25, 0.3) is 0 Å². The van der Waals surface area contributed by atoms with Crippen molar-refractivity contribution in [1.29, 1.82) is 0 Å². The molecule has 0 aromatic heterocycles. The normalized spacial score (nSPS) is 14.3. The van der Waals surface area contributed by atoms with E-state index in [4.69, 9.17) is 16.6 Å². The molecule has 1 rings (SSSR count). The fraction of sp³-hybridized carbons (Fsp3) is 0.462. The molecule has 0 saturated heterocycles. The van der Waals surface area contributed by atoms with Crippen LogP contribution in [-0.2, 0) is 11.2 Å². The molecular weight excluding hydrogens is 216 g/mol. The van der Waals surface area contributed by atoms with Gasteiger partial charge in [-0.3, -0.25) is 4.79 Å². The molecule has 4 nitrogen and oxygen atoms in total. The third kappa shape index (κ3) is 4.17. The number of carboxylic acid groups (broad SMARTS) is 1. The summed E-state index contributed by atoms with van der Waals surface area (Å²) < 4.78 is 0. The van der Waals surface area contributed by atoms with E-state index < -0.39 is 18.1 Å². The molecule has 0 bridgehead atoms. The van der Waals surface area contributed by atoms with Gasteiger partial charge in [-0.15, -0.1) is 0 Å². The van der Waals surface area contributed by atoms with Gasteiger partial charge in [-0.25, -0.2) is 0 Å². The maximum atomic E-state index is 10.5. The SMILES string of the molecule is CCCc1ccc(C(N)C(N)CC(=O)O)cc1. The van der Waals surface area contributed by atoms with Gasteiger partial charge >= 0.3 is 5.97 Å². The summed E-state index contributed by atoms with van der Waals surface area (Å²) in [6, 6.07) is 6.92. The van der Waals surface area contributed by atoms with Crippen molar-refractivity contribution < 1.29 is 9.90 Å². The summed E-state index contributed by atoms with van der Waals surface area (Å²) in [5.74, 6) is -0.921. The van der Waals surface area contributed by atoms with Crippen molar-refractivity contribution in [2.75, 3.05) is 0 Å². The molecule has 5 N–H and O–H groups in total. The van der Waals surface area contributed by atoms with E-state index >= 15 is 0 Å². The number of aliphatic carboxylic acids is 1. The van der Waals surface area contributed by atoms with E-state index in [9.17, 15) is 4.79 Å². The van der Waals surface area contributed by atoms with Gasteiger partial charge in [-0.05, 0) is 17.5 Å². The Bertz CT molecular complexity index is 362. The van der Waals surface area contributed by atoms with E-state index in [-0.39, 0.29) is 6.42 Å². The Morgan fingerprint density at radius 3 is 2.35 bits per heavy atom. The standard InChI is InChI=1S/C13H20N2O2/c1-2-3-9-4-6-10(7-5-9)13(15)11(14)8-12(16)17/h4-7,11,13H,2-3,8,14-15H2,1H3,(H,16,17). The monoisotopic (exact) mass is 236 g/mol. The highest BCUT2D eigenvalue weighted by molar-refractivity contribution is 5.67. The minimum atomic E-state index is -0.921. The molecular formula is C13H20N2O2. The second kappa shape index (κ2) is 6.37. The highest BCUT2D eigenvalue weighted by Gasteiger charge is 2.18. The largest absolute Gasteiger partial charge is 0.481 e. The molecule has 0 radical (unpaired) electrons. The Balaban J connectivity index is 2.68. The zero-order valence-electron chi connectivity index (χ0n) is 10.1. The second-order valence-electron chi connectivity index (χ2n) is 4.28. The molecule has 0 fully saturated rings. The highest BCUT2D eigenvalue weighted by Crippen LogP contribution is 2.16. The first kappa shape index (κ1) is 13.7. The predicted molar refractivity (Wildman–Crippen MR) is 67.6 cm³/mol. The molecule has 0 aliphatic rings. The molecule has 0 aliphatic carbocycles. The lowest BCUT2D eigenvalue weighted by Crippen LogP contribution is -2.36. The Hall–Kier alpha value is -1.39. The van der Waals surface area contributed by atoms with Gasteiger partial charge < -0.3 is 16.6 Å². The van der Waals surface area contributed by atoms with Crippen molar-refractivity contribution in [3.8, 4) is 0 Å². The van der Waals surface area contributed by atoms with E-state index in [0.717, 1.165) is 18.4 Å². The fourth-order valence-electron chi connectivity index (χ4n) is 1.77. The number of aryl methyl sites for hydroxylation is 1.